The molecular weight excluding hydrogens is 438 g/mol. The molecule has 1 aromatic carbocycles. The van der Waals surface area contributed by atoms with E-state index in [1.54, 1.807) is 0 Å². The zero-order valence-electron chi connectivity index (χ0n) is 19.2. The van der Waals surface area contributed by atoms with Crippen LogP contribution in [0, 0.1) is 5.92 Å². The molecule has 4 rings (SSSR count). The summed E-state index contributed by atoms with van der Waals surface area (Å²) in [6.07, 6.45) is 8.30. The lowest BCUT2D eigenvalue weighted by molar-refractivity contribution is 0.0772. The second kappa shape index (κ2) is 14.2. The summed E-state index contributed by atoms with van der Waals surface area (Å²) >= 11 is 3.15. The number of nitrogens with zero attached hydrogens (tertiary/aromatic N) is 1. The van der Waals surface area contributed by atoms with Gasteiger partial charge in [-0.05, 0) is 81.7 Å². The fourth-order valence-electron chi connectivity index (χ4n) is 4.85. The number of halogens is 1. The van der Waals surface area contributed by atoms with E-state index in [0.29, 0.717) is 18.6 Å². The molecule has 1 unspecified atom stereocenters. The molecule has 3 heterocycles. The number of hydrogen-bond donors (Lipinski definition) is 3. The number of aliphatic hydroxyl groups is 1. The second-order valence-corrected chi connectivity index (χ2v) is 9.25. The SMILES string of the molecule is CC.CCBr.OCC(CC1CCNCC1)N1CCC(c2c[nH]c3ccccc23)CC1. The molecule has 1 atom stereocenters. The summed E-state index contributed by atoms with van der Waals surface area (Å²) in [7, 11) is 0. The molecule has 2 aromatic rings. The number of alkyl halides is 1. The van der Waals surface area contributed by atoms with E-state index in [1.165, 1.54) is 42.1 Å². The molecular formula is C25H42BrN3O. The Morgan fingerprint density at radius 2 is 1.73 bits per heavy atom. The molecule has 0 aliphatic carbocycles. The summed E-state index contributed by atoms with van der Waals surface area (Å²) in [4.78, 5) is 5.97. The minimum Gasteiger partial charge on any atom is -0.395 e. The zero-order chi connectivity index (χ0) is 21.8. The Balaban J connectivity index is 0.000000590. The topological polar surface area (TPSA) is 51.3 Å². The van der Waals surface area contributed by atoms with Crippen molar-refractivity contribution in [2.24, 2.45) is 5.92 Å². The lowest BCUT2D eigenvalue weighted by Crippen LogP contribution is -2.44. The van der Waals surface area contributed by atoms with E-state index in [-0.39, 0.29) is 0 Å². The largest absolute Gasteiger partial charge is 0.395 e. The summed E-state index contributed by atoms with van der Waals surface area (Å²) in [6.45, 7) is 10.9. The van der Waals surface area contributed by atoms with E-state index >= 15 is 0 Å². The predicted octanol–water partition coefficient (Wildman–Crippen LogP) is 5.53. The van der Waals surface area contributed by atoms with Gasteiger partial charge in [0.25, 0.3) is 0 Å². The van der Waals surface area contributed by atoms with Gasteiger partial charge in [0, 0.05) is 28.5 Å². The van der Waals surface area contributed by atoms with Crippen molar-refractivity contribution in [3.05, 3.63) is 36.0 Å². The molecule has 2 fully saturated rings. The third-order valence-electron chi connectivity index (χ3n) is 6.38. The maximum atomic E-state index is 9.94. The molecule has 2 aliphatic rings. The van der Waals surface area contributed by atoms with Crippen LogP contribution in [0.4, 0.5) is 0 Å². The monoisotopic (exact) mass is 479 g/mol. The van der Waals surface area contributed by atoms with Gasteiger partial charge in [0.15, 0.2) is 0 Å². The second-order valence-electron chi connectivity index (χ2n) is 8.13. The molecule has 0 spiro atoms. The van der Waals surface area contributed by atoms with Gasteiger partial charge in [-0.25, -0.2) is 0 Å². The summed E-state index contributed by atoms with van der Waals surface area (Å²) in [5.74, 6) is 1.43. The van der Waals surface area contributed by atoms with Gasteiger partial charge in [0.05, 0.1) is 6.61 Å². The van der Waals surface area contributed by atoms with Gasteiger partial charge < -0.3 is 15.4 Å². The molecule has 3 N–H and O–H groups in total. The van der Waals surface area contributed by atoms with Gasteiger partial charge in [-0.2, -0.15) is 0 Å². The Kier molecular flexibility index (Phi) is 12.0. The number of fused-ring (bicyclic) bond motifs is 1. The number of aromatic amines is 1. The van der Waals surface area contributed by atoms with Gasteiger partial charge in [0.2, 0.25) is 0 Å². The molecule has 0 amide bonds. The first-order valence-electron chi connectivity index (χ1n) is 11.9. The molecule has 1 aromatic heterocycles. The zero-order valence-corrected chi connectivity index (χ0v) is 20.8. The van der Waals surface area contributed by atoms with Crippen LogP contribution in [0.5, 0.6) is 0 Å². The maximum Gasteiger partial charge on any atom is 0.0586 e. The quantitative estimate of drug-likeness (QED) is 0.494. The number of likely N-dealkylation sites (tertiary alicyclic amines) is 1. The van der Waals surface area contributed by atoms with Crippen LogP contribution in [0.3, 0.4) is 0 Å². The molecule has 2 saturated heterocycles. The van der Waals surface area contributed by atoms with E-state index in [9.17, 15) is 5.11 Å². The highest BCUT2D eigenvalue weighted by Gasteiger charge is 2.28. The Bertz CT molecular complexity index is 691. The minimum atomic E-state index is 0.307. The highest BCUT2D eigenvalue weighted by atomic mass is 79.9. The molecule has 0 saturated carbocycles. The van der Waals surface area contributed by atoms with Crippen molar-refractivity contribution in [3.8, 4) is 0 Å². The average molecular weight is 481 g/mol. The maximum absolute atomic E-state index is 9.94. The number of aliphatic hydroxyl groups excluding tert-OH is 1. The summed E-state index contributed by atoms with van der Waals surface area (Å²) in [5.41, 5.74) is 2.73. The Labute approximate surface area is 191 Å². The van der Waals surface area contributed by atoms with Gasteiger partial charge in [-0.15, -0.1) is 0 Å². The van der Waals surface area contributed by atoms with E-state index in [1.807, 2.05) is 20.8 Å². The molecule has 30 heavy (non-hydrogen) atoms. The molecule has 0 radical (unpaired) electrons. The smallest absolute Gasteiger partial charge is 0.0586 e. The van der Waals surface area contributed by atoms with Crippen molar-refractivity contribution in [3.63, 3.8) is 0 Å². The average Bonchev–Trinajstić information content (AvgIpc) is 3.24. The van der Waals surface area contributed by atoms with E-state index in [2.05, 4.69) is 61.6 Å². The Morgan fingerprint density at radius 1 is 1.10 bits per heavy atom. The first-order valence-corrected chi connectivity index (χ1v) is 13.1. The first-order chi connectivity index (χ1) is 14.8. The number of benzene rings is 1. The fourth-order valence-corrected chi connectivity index (χ4v) is 4.85. The number of rotatable bonds is 5. The van der Waals surface area contributed by atoms with Crippen LogP contribution in [0.1, 0.15) is 64.4 Å². The summed E-state index contributed by atoms with van der Waals surface area (Å²) < 4.78 is 0. The van der Waals surface area contributed by atoms with Crippen molar-refractivity contribution in [1.29, 1.82) is 0 Å². The van der Waals surface area contributed by atoms with Gasteiger partial charge >= 0.3 is 0 Å². The Morgan fingerprint density at radius 3 is 2.37 bits per heavy atom. The predicted molar refractivity (Wildman–Crippen MR) is 134 cm³/mol. The highest BCUT2D eigenvalue weighted by molar-refractivity contribution is 9.09. The van der Waals surface area contributed by atoms with Crippen LogP contribution in [0.2, 0.25) is 0 Å². The standard InChI is InChI=1S/C21H31N3O.C2H5Br.C2H6/c25-15-18(13-16-5-9-22-10-6-16)24-11-7-17(8-12-24)20-14-23-21-4-2-1-3-19(20)21;1-2-3;1-2/h1-4,14,16-18,22-23,25H,5-13,15H2;2H2,1H3;1-2H3. The third kappa shape index (κ3) is 7.08. The number of hydrogen-bond acceptors (Lipinski definition) is 3. The van der Waals surface area contributed by atoms with Crippen LogP contribution < -0.4 is 5.32 Å². The van der Waals surface area contributed by atoms with Crippen LogP contribution in [0.25, 0.3) is 10.9 Å². The van der Waals surface area contributed by atoms with Gasteiger partial charge in [0.1, 0.15) is 0 Å². The highest BCUT2D eigenvalue weighted by Crippen LogP contribution is 2.34. The first kappa shape index (κ1) is 25.4. The third-order valence-corrected chi connectivity index (χ3v) is 6.38. The minimum absolute atomic E-state index is 0.307. The molecule has 4 nitrogen and oxygen atoms in total. The van der Waals surface area contributed by atoms with Gasteiger partial charge in [-0.1, -0.05) is 54.9 Å². The lowest BCUT2D eigenvalue weighted by atomic mass is 9.86. The van der Waals surface area contributed by atoms with Crippen LogP contribution >= 0.6 is 15.9 Å². The Hall–Kier alpha value is -0.880. The van der Waals surface area contributed by atoms with Crippen LogP contribution in [0.15, 0.2) is 30.5 Å². The molecule has 0 bridgehead atoms. The van der Waals surface area contributed by atoms with Crippen molar-refractivity contribution in [2.45, 2.75) is 64.8 Å². The van der Waals surface area contributed by atoms with E-state index in [0.717, 1.165) is 43.8 Å². The number of H-pyrrole nitrogens is 1. The van der Waals surface area contributed by atoms with Crippen molar-refractivity contribution >= 4 is 26.8 Å². The normalized spacial score (nSPS) is 19.5. The van der Waals surface area contributed by atoms with Crippen molar-refractivity contribution in [2.75, 3.05) is 38.1 Å². The number of para-hydroxylation sites is 1. The number of piperidine rings is 2. The summed E-state index contributed by atoms with van der Waals surface area (Å²) in [6, 6.07) is 8.98. The van der Waals surface area contributed by atoms with Crippen LogP contribution in [-0.2, 0) is 0 Å². The summed E-state index contributed by atoms with van der Waals surface area (Å²) in [5, 5.41) is 15.8. The molecule has 2 aliphatic heterocycles. The van der Waals surface area contributed by atoms with Crippen molar-refractivity contribution in [1.82, 2.24) is 15.2 Å². The molecule has 170 valence electrons. The fraction of sp³-hybridized carbons (Fsp3) is 0.680. The number of nitrogens with one attached hydrogen (secondary N) is 2. The van der Waals surface area contributed by atoms with Crippen LogP contribution in [-0.4, -0.2) is 59.1 Å². The van der Waals surface area contributed by atoms with E-state index in [4.69, 9.17) is 0 Å². The van der Waals surface area contributed by atoms with Gasteiger partial charge in [-0.3, -0.25) is 4.90 Å². The number of aromatic nitrogens is 1. The van der Waals surface area contributed by atoms with Crippen molar-refractivity contribution < 1.29 is 5.11 Å². The molecule has 5 heteroatoms. The van der Waals surface area contributed by atoms with E-state index < -0.39 is 0 Å². The lowest BCUT2D eigenvalue weighted by Gasteiger charge is -2.38.